The molecule has 96 valence electrons. The molecule has 0 bridgehead atoms. The molecule has 17 heavy (non-hydrogen) atoms. The monoisotopic (exact) mass is 296 g/mol. The highest BCUT2D eigenvalue weighted by Crippen LogP contribution is 2.45. The molecule has 0 heterocycles. The summed E-state index contributed by atoms with van der Waals surface area (Å²) in [7, 11) is -4.29. The van der Waals surface area contributed by atoms with Crippen LogP contribution >= 0.6 is 23.2 Å². The van der Waals surface area contributed by atoms with Gasteiger partial charge < -0.3 is 0 Å². The van der Waals surface area contributed by atoms with E-state index in [9.17, 15) is 13.0 Å². The van der Waals surface area contributed by atoms with E-state index in [1.165, 1.54) is 0 Å². The van der Waals surface area contributed by atoms with Crippen molar-refractivity contribution in [2.75, 3.05) is 0 Å². The number of hydrogen-bond acceptors (Lipinski definition) is 2. The van der Waals surface area contributed by atoms with Crippen LogP contribution in [0.3, 0.4) is 0 Å². The summed E-state index contributed by atoms with van der Waals surface area (Å²) in [6.45, 7) is 3.20. The standard InChI is InChI=1S/C11H14Cl2O3S/c1-11(2,10(12)13)9(17(14,15)16)8-6-4-3-5-7-8/h3-7,9-10H,1-2H3,(H,14,15,16). The second-order valence-corrected chi connectivity index (χ2v) is 7.03. The number of hydrogen-bond donors (Lipinski definition) is 1. The molecule has 0 radical (unpaired) electrons. The fourth-order valence-corrected chi connectivity index (χ4v) is 3.53. The molecule has 6 heteroatoms. The summed E-state index contributed by atoms with van der Waals surface area (Å²) in [6, 6.07) is 8.39. The zero-order valence-corrected chi connectivity index (χ0v) is 11.8. The van der Waals surface area contributed by atoms with Crippen LogP contribution < -0.4 is 0 Å². The Morgan fingerprint density at radius 1 is 1.18 bits per heavy atom. The fraction of sp³-hybridized carbons (Fsp3) is 0.455. The predicted octanol–water partition coefficient (Wildman–Crippen LogP) is 3.45. The van der Waals surface area contributed by atoms with Crippen molar-refractivity contribution in [2.24, 2.45) is 5.41 Å². The van der Waals surface area contributed by atoms with Gasteiger partial charge in [0.05, 0.1) is 0 Å². The van der Waals surface area contributed by atoms with Crippen molar-refractivity contribution >= 4 is 33.3 Å². The maximum atomic E-state index is 11.5. The average molecular weight is 297 g/mol. The Hall–Kier alpha value is -0.290. The van der Waals surface area contributed by atoms with Crippen LogP contribution in [0.2, 0.25) is 0 Å². The molecule has 1 rings (SSSR count). The van der Waals surface area contributed by atoms with E-state index in [0.717, 1.165) is 0 Å². The zero-order chi connectivity index (χ0) is 13.3. The maximum Gasteiger partial charge on any atom is 0.272 e. The normalized spacial score (nSPS) is 14.9. The maximum absolute atomic E-state index is 11.5. The largest absolute Gasteiger partial charge is 0.285 e. The Morgan fingerprint density at radius 3 is 2.00 bits per heavy atom. The summed E-state index contributed by atoms with van der Waals surface area (Å²) in [5.74, 6) is 0. The van der Waals surface area contributed by atoms with Crippen LogP contribution in [0.25, 0.3) is 0 Å². The van der Waals surface area contributed by atoms with E-state index >= 15 is 0 Å². The molecule has 1 aromatic carbocycles. The molecule has 0 amide bonds. The van der Waals surface area contributed by atoms with Crippen molar-refractivity contribution in [1.82, 2.24) is 0 Å². The van der Waals surface area contributed by atoms with E-state index in [-0.39, 0.29) is 0 Å². The Bertz CT molecular complexity index is 469. The molecule has 1 N–H and O–H groups in total. The quantitative estimate of drug-likeness (QED) is 0.684. The van der Waals surface area contributed by atoms with Crippen LogP contribution in [0.1, 0.15) is 24.7 Å². The van der Waals surface area contributed by atoms with Crippen LogP contribution in [0.15, 0.2) is 30.3 Å². The minimum Gasteiger partial charge on any atom is -0.285 e. The van der Waals surface area contributed by atoms with Crippen molar-refractivity contribution in [2.45, 2.75) is 23.9 Å². The number of alkyl halides is 2. The zero-order valence-electron chi connectivity index (χ0n) is 9.47. The van der Waals surface area contributed by atoms with E-state index in [2.05, 4.69) is 0 Å². The van der Waals surface area contributed by atoms with E-state index in [1.807, 2.05) is 0 Å². The molecular formula is C11H14Cl2O3S. The first-order valence-corrected chi connectivity index (χ1v) is 7.34. The summed E-state index contributed by atoms with van der Waals surface area (Å²) in [5.41, 5.74) is -0.538. The molecule has 0 aliphatic carbocycles. The van der Waals surface area contributed by atoms with Gasteiger partial charge in [-0.3, -0.25) is 4.55 Å². The summed E-state index contributed by atoms with van der Waals surface area (Å²) < 4.78 is 32.4. The minimum absolute atomic E-state index is 0.464. The van der Waals surface area contributed by atoms with Gasteiger partial charge in [0.1, 0.15) is 10.1 Å². The first-order valence-electron chi connectivity index (χ1n) is 4.96. The summed E-state index contributed by atoms with van der Waals surface area (Å²) in [5, 5.41) is -1.16. The van der Waals surface area contributed by atoms with Gasteiger partial charge in [0.2, 0.25) is 0 Å². The number of halogens is 2. The third kappa shape index (κ3) is 3.35. The Morgan fingerprint density at radius 2 is 1.65 bits per heavy atom. The lowest BCUT2D eigenvalue weighted by Gasteiger charge is -2.33. The molecule has 0 fully saturated rings. The van der Waals surface area contributed by atoms with E-state index in [1.54, 1.807) is 44.2 Å². The fourth-order valence-electron chi connectivity index (χ4n) is 1.73. The predicted molar refractivity (Wildman–Crippen MR) is 70.0 cm³/mol. The lowest BCUT2D eigenvalue weighted by molar-refractivity contribution is 0.344. The number of rotatable bonds is 4. The van der Waals surface area contributed by atoms with Crippen LogP contribution in [-0.4, -0.2) is 17.8 Å². The van der Waals surface area contributed by atoms with Crippen LogP contribution in [0.4, 0.5) is 0 Å². The third-order valence-corrected chi connectivity index (χ3v) is 5.24. The third-order valence-electron chi connectivity index (χ3n) is 2.64. The van der Waals surface area contributed by atoms with E-state index in [0.29, 0.717) is 5.56 Å². The molecule has 1 aromatic rings. The van der Waals surface area contributed by atoms with Gasteiger partial charge in [-0.25, -0.2) is 0 Å². The lowest BCUT2D eigenvalue weighted by atomic mass is 9.87. The molecule has 3 nitrogen and oxygen atoms in total. The molecule has 0 saturated heterocycles. The van der Waals surface area contributed by atoms with Gasteiger partial charge in [-0.05, 0) is 5.56 Å². The van der Waals surface area contributed by atoms with Gasteiger partial charge in [-0.1, -0.05) is 44.2 Å². The highest BCUT2D eigenvalue weighted by atomic mass is 35.5. The van der Waals surface area contributed by atoms with Crippen molar-refractivity contribution < 1.29 is 13.0 Å². The van der Waals surface area contributed by atoms with E-state index < -0.39 is 25.6 Å². The number of benzene rings is 1. The van der Waals surface area contributed by atoms with E-state index in [4.69, 9.17) is 23.2 Å². The lowest BCUT2D eigenvalue weighted by Crippen LogP contribution is -2.34. The van der Waals surface area contributed by atoms with Gasteiger partial charge in [0.15, 0.2) is 0 Å². The highest BCUT2D eigenvalue weighted by Gasteiger charge is 2.44. The average Bonchev–Trinajstić information content (AvgIpc) is 2.16. The molecule has 0 aromatic heterocycles. The smallest absolute Gasteiger partial charge is 0.272 e. The molecule has 1 atom stereocenters. The second-order valence-electron chi connectivity index (χ2n) is 4.43. The minimum atomic E-state index is -4.29. The van der Waals surface area contributed by atoms with Crippen molar-refractivity contribution in [3.8, 4) is 0 Å². The van der Waals surface area contributed by atoms with Crippen LogP contribution in [0, 0.1) is 5.41 Å². The second kappa shape index (κ2) is 5.14. The SMILES string of the molecule is CC(C)(C(Cl)Cl)C(c1ccccc1)S(=O)(=O)O. The Balaban J connectivity index is 3.35. The molecule has 1 unspecified atom stereocenters. The summed E-state index contributed by atoms with van der Waals surface area (Å²) >= 11 is 11.6. The molecular weight excluding hydrogens is 283 g/mol. The first-order chi connectivity index (χ1) is 7.67. The van der Waals surface area contributed by atoms with Gasteiger partial charge in [-0.2, -0.15) is 8.42 Å². The molecule has 0 aliphatic rings. The van der Waals surface area contributed by atoms with Crippen LogP contribution in [-0.2, 0) is 10.1 Å². The Labute approximate surface area is 111 Å². The topological polar surface area (TPSA) is 54.4 Å². The van der Waals surface area contributed by atoms with Gasteiger partial charge >= 0.3 is 0 Å². The van der Waals surface area contributed by atoms with Gasteiger partial charge in [-0.15, -0.1) is 23.2 Å². The van der Waals surface area contributed by atoms with Crippen molar-refractivity contribution in [3.05, 3.63) is 35.9 Å². The molecule has 0 aliphatic heterocycles. The summed E-state index contributed by atoms with van der Waals surface area (Å²) in [6.07, 6.45) is 0. The van der Waals surface area contributed by atoms with Crippen molar-refractivity contribution in [3.63, 3.8) is 0 Å². The molecule has 0 saturated carbocycles. The highest BCUT2D eigenvalue weighted by molar-refractivity contribution is 7.86. The van der Waals surface area contributed by atoms with Gasteiger partial charge in [0, 0.05) is 5.41 Å². The Kier molecular flexibility index (Phi) is 4.47. The van der Waals surface area contributed by atoms with Crippen LogP contribution in [0.5, 0.6) is 0 Å². The van der Waals surface area contributed by atoms with Crippen molar-refractivity contribution in [1.29, 1.82) is 0 Å². The van der Waals surface area contributed by atoms with Gasteiger partial charge in [0.25, 0.3) is 10.1 Å². The first kappa shape index (κ1) is 14.8. The molecule has 0 spiro atoms. The summed E-state index contributed by atoms with van der Waals surface area (Å²) in [4.78, 5) is -0.922.